The van der Waals surface area contributed by atoms with Gasteiger partial charge >= 0.3 is 0 Å². The predicted octanol–water partition coefficient (Wildman–Crippen LogP) is 3.19. The van der Waals surface area contributed by atoms with Crippen molar-refractivity contribution in [3.05, 3.63) is 35.5 Å². The van der Waals surface area contributed by atoms with E-state index in [1.165, 1.54) is 6.07 Å². The normalized spacial score (nSPS) is 10.5. The van der Waals surface area contributed by atoms with Crippen molar-refractivity contribution in [3.63, 3.8) is 0 Å². The topological polar surface area (TPSA) is 9.23 Å². The molecule has 0 saturated carbocycles. The summed E-state index contributed by atoms with van der Waals surface area (Å²) in [6.45, 7) is 6.31. The fourth-order valence-electron chi connectivity index (χ4n) is 1.08. The zero-order valence-corrected chi connectivity index (χ0v) is 8.23. The Morgan fingerprint density at radius 3 is 2.62 bits per heavy atom. The van der Waals surface area contributed by atoms with Gasteiger partial charge in [-0.15, -0.1) is 0 Å². The molecule has 0 bridgehead atoms. The van der Waals surface area contributed by atoms with E-state index < -0.39 is 0 Å². The molecule has 1 radical (unpaired) electrons. The molecule has 1 aromatic rings. The summed E-state index contributed by atoms with van der Waals surface area (Å²) < 4.78 is 18.2. The van der Waals surface area contributed by atoms with E-state index in [1.807, 2.05) is 20.8 Å². The molecular formula is C11H14FO. The quantitative estimate of drug-likeness (QED) is 0.695. The fraction of sp³-hybridized carbons (Fsp3) is 0.364. The summed E-state index contributed by atoms with van der Waals surface area (Å²) in [4.78, 5) is 0. The molecule has 0 aromatic heterocycles. The second-order valence-electron chi connectivity index (χ2n) is 3.08. The van der Waals surface area contributed by atoms with Crippen molar-refractivity contribution in [1.82, 2.24) is 0 Å². The van der Waals surface area contributed by atoms with Gasteiger partial charge in [-0.2, -0.15) is 0 Å². The van der Waals surface area contributed by atoms with Gasteiger partial charge < -0.3 is 4.74 Å². The average molecular weight is 181 g/mol. The molecule has 0 saturated heterocycles. The Labute approximate surface area is 78.5 Å². The Morgan fingerprint density at radius 1 is 1.38 bits per heavy atom. The summed E-state index contributed by atoms with van der Waals surface area (Å²) in [6, 6.07) is 4.93. The zero-order valence-electron chi connectivity index (χ0n) is 8.23. The van der Waals surface area contributed by atoms with Crippen molar-refractivity contribution >= 4 is 0 Å². The van der Waals surface area contributed by atoms with E-state index in [2.05, 4.69) is 0 Å². The number of rotatable bonds is 3. The molecule has 2 heteroatoms. The highest BCUT2D eigenvalue weighted by atomic mass is 19.1. The highest BCUT2D eigenvalue weighted by Crippen LogP contribution is 2.22. The standard InChI is InChI=1S/C11H14FO/c1-4-13-11-7-9(8(2)3)5-6-10(11)12/h5-7H,4H2,1-3H3. The van der Waals surface area contributed by atoms with E-state index >= 15 is 0 Å². The SMILES string of the molecule is CCOc1cc([C](C)C)ccc1F. The highest BCUT2D eigenvalue weighted by Gasteiger charge is 2.06. The van der Waals surface area contributed by atoms with Gasteiger partial charge in [-0.1, -0.05) is 19.9 Å². The van der Waals surface area contributed by atoms with Gasteiger partial charge in [0.25, 0.3) is 0 Å². The maximum absolute atomic E-state index is 13.1. The number of hydrogen-bond acceptors (Lipinski definition) is 1. The summed E-state index contributed by atoms with van der Waals surface area (Å²) >= 11 is 0. The first-order valence-corrected chi connectivity index (χ1v) is 4.38. The Morgan fingerprint density at radius 2 is 2.08 bits per heavy atom. The molecule has 0 unspecified atom stereocenters. The van der Waals surface area contributed by atoms with Gasteiger partial charge in [0.1, 0.15) is 0 Å². The van der Waals surface area contributed by atoms with Crippen LogP contribution in [0.4, 0.5) is 4.39 Å². The maximum Gasteiger partial charge on any atom is 0.165 e. The lowest BCUT2D eigenvalue weighted by atomic mass is 10.0. The third-order valence-corrected chi connectivity index (χ3v) is 1.81. The van der Waals surface area contributed by atoms with E-state index in [1.54, 1.807) is 12.1 Å². The molecule has 0 spiro atoms. The molecule has 1 nitrogen and oxygen atoms in total. The molecule has 0 amide bonds. The van der Waals surface area contributed by atoms with Crippen molar-refractivity contribution in [1.29, 1.82) is 0 Å². The van der Waals surface area contributed by atoms with Crippen LogP contribution in [0.15, 0.2) is 18.2 Å². The van der Waals surface area contributed by atoms with Gasteiger partial charge in [-0.3, -0.25) is 0 Å². The Kier molecular flexibility index (Phi) is 3.29. The molecule has 1 rings (SSSR count). The third-order valence-electron chi connectivity index (χ3n) is 1.81. The van der Waals surface area contributed by atoms with Crippen molar-refractivity contribution < 1.29 is 9.13 Å². The van der Waals surface area contributed by atoms with Crippen molar-refractivity contribution in [3.8, 4) is 5.75 Å². The minimum absolute atomic E-state index is 0.299. The molecule has 13 heavy (non-hydrogen) atoms. The van der Waals surface area contributed by atoms with Gasteiger partial charge in [0.2, 0.25) is 0 Å². The van der Waals surface area contributed by atoms with Crippen molar-refractivity contribution in [2.75, 3.05) is 6.61 Å². The van der Waals surface area contributed by atoms with Gasteiger partial charge in [0, 0.05) is 0 Å². The molecule has 0 aliphatic heterocycles. The second kappa shape index (κ2) is 4.26. The summed E-state index contributed by atoms with van der Waals surface area (Å²) in [5, 5.41) is 0. The summed E-state index contributed by atoms with van der Waals surface area (Å²) in [5.41, 5.74) is 1.02. The Hall–Kier alpha value is -1.05. The van der Waals surface area contributed by atoms with Crippen LogP contribution >= 0.6 is 0 Å². The number of benzene rings is 1. The monoisotopic (exact) mass is 181 g/mol. The van der Waals surface area contributed by atoms with E-state index in [4.69, 9.17) is 4.74 Å². The molecule has 0 atom stereocenters. The predicted molar refractivity (Wildman–Crippen MR) is 51.3 cm³/mol. The summed E-state index contributed by atoms with van der Waals surface area (Å²) in [6.07, 6.45) is 0. The van der Waals surface area contributed by atoms with E-state index in [9.17, 15) is 4.39 Å². The van der Waals surface area contributed by atoms with Crippen LogP contribution in [-0.2, 0) is 0 Å². The van der Waals surface area contributed by atoms with Crippen LogP contribution in [0.2, 0.25) is 0 Å². The van der Waals surface area contributed by atoms with E-state index in [-0.39, 0.29) is 5.82 Å². The molecule has 0 aliphatic rings. The number of hydrogen-bond donors (Lipinski definition) is 0. The first-order valence-electron chi connectivity index (χ1n) is 4.38. The first-order chi connectivity index (χ1) is 6.15. The zero-order chi connectivity index (χ0) is 9.84. The summed E-state index contributed by atoms with van der Waals surface area (Å²) in [5.74, 6) is 1.19. The lowest BCUT2D eigenvalue weighted by molar-refractivity contribution is 0.321. The van der Waals surface area contributed by atoms with Crippen LogP contribution in [0.25, 0.3) is 0 Å². The molecule has 1 aromatic carbocycles. The molecular weight excluding hydrogens is 167 g/mol. The molecule has 0 aliphatic carbocycles. The van der Waals surface area contributed by atoms with E-state index in [0.717, 1.165) is 11.5 Å². The van der Waals surface area contributed by atoms with Gasteiger partial charge in [-0.05, 0) is 30.5 Å². The Bertz CT molecular complexity index is 281. The van der Waals surface area contributed by atoms with Crippen molar-refractivity contribution in [2.24, 2.45) is 0 Å². The van der Waals surface area contributed by atoms with E-state index in [0.29, 0.717) is 12.4 Å². The second-order valence-corrected chi connectivity index (χ2v) is 3.08. The molecule has 0 fully saturated rings. The van der Waals surface area contributed by atoms with Crippen LogP contribution in [0.5, 0.6) is 5.75 Å². The highest BCUT2D eigenvalue weighted by molar-refractivity contribution is 5.36. The maximum atomic E-state index is 13.1. The average Bonchev–Trinajstić information content (AvgIpc) is 2.08. The smallest absolute Gasteiger partial charge is 0.165 e. The lowest BCUT2D eigenvalue weighted by Gasteiger charge is -2.08. The van der Waals surface area contributed by atoms with Crippen molar-refractivity contribution in [2.45, 2.75) is 20.8 Å². The van der Waals surface area contributed by atoms with Crippen LogP contribution < -0.4 is 4.74 Å². The number of halogens is 1. The van der Waals surface area contributed by atoms with Gasteiger partial charge in [-0.25, -0.2) is 4.39 Å². The van der Waals surface area contributed by atoms with Crippen LogP contribution in [0.3, 0.4) is 0 Å². The lowest BCUT2D eigenvalue weighted by Crippen LogP contribution is -1.97. The number of ether oxygens (including phenoxy) is 1. The third kappa shape index (κ3) is 2.44. The summed E-state index contributed by atoms with van der Waals surface area (Å²) in [7, 11) is 0. The fourth-order valence-corrected chi connectivity index (χ4v) is 1.08. The minimum Gasteiger partial charge on any atom is -0.491 e. The first kappa shape index (κ1) is 10.0. The van der Waals surface area contributed by atoms with Crippen LogP contribution in [-0.4, -0.2) is 6.61 Å². The van der Waals surface area contributed by atoms with Gasteiger partial charge in [0.05, 0.1) is 6.61 Å². The molecule has 0 heterocycles. The van der Waals surface area contributed by atoms with Crippen LogP contribution in [0, 0.1) is 11.7 Å². The Balaban J connectivity index is 2.97. The largest absolute Gasteiger partial charge is 0.491 e. The molecule has 71 valence electrons. The minimum atomic E-state index is -0.299. The molecule has 0 N–H and O–H groups in total. The van der Waals surface area contributed by atoms with Gasteiger partial charge in [0.15, 0.2) is 11.6 Å². The van der Waals surface area contributed by atoms with Crippen LogP contribution in [0.1, 0.15) is 26.3 Å².